The molecule has 1 aromatic heterocycles. The highest BCUT2D eigenvalue weighted by Crippen LogP contribution is 2.45. The summed E-state index contributed by atoms with van der Waals surface area (Å²) in [5, 5.41) is 5.09. The highest BCUT2D eigenvalue weighted by Gasteiger charge is 2.19. The summed E-state index contributed by atoms with van der Waals surface area (Å²) in [6, 6.07) is 77.2. The average molecular weight is 706 g/mol. The summed E-state index contributed by atoms with van der Waals surface area (Å²) in [5.74, 6) is 0. The molecule has 254 valence electrons. The van der Waals surface area contributed by atoms with Gasteiger partial charge in [-0.25, -0.2) is 0 Å². The van der Waals surface area contributed by atoms with Gasteiger partial charge in [-0.2, -0.15) is 0 Å². The SMILES string of the molecule is c1ccc(-c2cccc(N(c3ccc(-c4cccc(-c5cccc(-c6ccc7ccccc7c6)c5)c4)cc3)c3cccc4sc5ccccc5c34)c2)cc1. The molecule has 0 aliphatic rings. The highest BCUT2D eigenvalue weighted by molar-refractivity contribution is 7.26. The molecular weight excluding hydrogens is 671 g/mol. The lowest BCUT2D eigenvalue weighted by Crippen LogP contribution is -2.10. The van der Waals surface area contributed by atoms with Crippen LogP contribution in [0.15, 0.2) is 212 Å². The van der Waals surface area contributed by atoms with Gasteiger partial charge in [0.25, 0.3) is 0 Å². The molecule has 0 bridgehead atoms. The summed E-state index contributed by atoms with van der Waals surface area (Å²) >= 11 is 1.86. The van der Waals surface area contributed by atoms with Crippen molar-refractivity contribution in [2.24, 2.45) is 0 Å². The molecule has 0 aliphatic carbocycles. The Morgan fingerprint density at radius 2 is 0.815 bits per heavy atom. The van der Waals surface area contributed by atoms with Crippen molar-refractivity contribution in [3.05, 3.63) is 212 Å². The second-order valence-electron chi connectivity index (χ2n) is 13.8. The van der Waals surface area contributed by atoms with Crippen LogP contribution in [0.3, 0.4) is 0 Å². The third-order valence-corrected chi connectivity index (χ3v) is 11.6. The number of hydrogen-bond acceptors (Lipinski definition) is 2. The summed E-state index contributed by atoms with van der Waals surface area (Å²) < 4.78 is 2.59. The smallest absolute Gasteiger partial charge is 0.0554 e. The van der Waals surface area contributed by atoms with Gasteiger partial charge in [-0.1, -0.05) is 152 Å². The van der Waals surface area contributed by atoms with Crippen LogP contribution in [0.5, 0.6) is 0 Å². The van der Waals surface area contributed by atoms with E-state index < -0.39 is 0 Å². The lowest BCUT2D eigenvalue weighted by molar-refractivity contribution is 1.30. The molecule has 9 aromatic carbocycles. The first-order valence-corrected chi connectivity index (χ1v) is 19.2. The summed E-state index contributed by atoms with van der Waals surface area (Å²) in [6.45, 7) is 0. The molecule has 0 saturated carbocycles. The van der Waals surface area contributed by atoms with Crippen LogP contribution < -0.4 is 4.90 Å². The number of nitrogens with zero attached hydrogens (tertiary/aromatic N) is 1. The van der Waals surface area contributed by atoms with Crippen molar-refractivity contribution in [3.8, 4) is 44.5 Å². The predicted octanol–water partition coefficient (Wildman–Crippen LogP) is 15.3. The minimum absolute atomic E-state index is 1.12. The third kappa shape index (κ3) is 5.93. The monoisotopic (exact) mass is 705 g/mol. The minimum Gasteiger partial charge on any atom is -0.310 e. The maximum Gasteiger partial charge on any atom is 0.0554 e. The minimum atomic E-state index is 1.12. The number of benzene rings is 9. The van der Waals surface area contributed by atoms with Crippen molar-refractivity contribution in [1.82, 2.24) is 0 Å². The summed E-state index contributed by atoms with van der Waals surface area (Å²) in [4.78, 5) is 2.42. The van der Waals surface area contributed by atoms with Gasteiger partial charge in [-0.3, -0.25) is 0 Å². The Kier molecular flexibility index (Phi) is 8.09. The van der Waals surface area contributed by atoms with Crippen molar-refractivity contribution in [1.29, 1.82) is 0 Å². The van der Waals surface area contributed by atoms with Crippen molar-refractivity contribution >= 4 is 59.3 Å². The molecular formula is C52H35NS. The van der Waals surface area contributed by atoms with Crippen LogP contribution >= 0.6 is 11.3 Å². The summed E-state index contributed by atoms with van der Waals surface area (Å²) in [5.41, 5.74) is 13.1. The molecule has 1 nitrogen and oxygen atoms in total. The van der Waals surface area contributed by atoms with Crippen molar-refractivity contribution in [3.63, 3.8) is 0 Å². The van der Waals surface area contributed by atoms with E-state index in [0.717, 1.165) is 11.4 Å². The van der Waals surface area contributed by atoms with Crippen LogP contribution in [0.2, 0.25) is 0 Å². The van der Waals surface area contributed by atoms with Gasteiger partial charge in [0.15, 0.2) is 0 Å². The number of hydrogen-bond donors (Lipinski definition) is 0. The zero-order valence-electron chi connectivity index (χ0n) is 29.6. The first-order chi connectivity index (χ1) is 26.7. The maximum atomic E-state index is 2.42. The molecule has 0 N–H and O–H groups in total. The number of anilines is 3. The first-order valence-electron chi connectivity index (χ1n) is 18.4. The molecule has 0 atom stereocenters. The molecule has 2 heteroatoms. The zero-order chi connectivity index (χ0) is 35.8. The van der Waals surface area contributed by atoms with Gasteiger partial charge >= 0.3 is 0 Å². The molecule has 0 amide bonds. The van der Waals surface area contributed by atoms with Crippen LogP contribution in [0.1, 0.15) is 0 Å². The lowest BCUT2D eigenvalue weighted by Gasteiger charge is -2.27. The van der Waals surface area contributed by atoms with E-state index in [1.54, 1.807) is 0 Å². The van der Waals surface area contributed by atoms with Gasteiger partial charge in [-0.15, -0.1) is 11.3 Å². The summed E-state index contributed by atoms with van der Waals surface area (Å²) in [6.07, 6.45) is 0. The molecule has 0 spiro atoms. The van der Waals surface area contributed by atoms with Crippen LogP contribution in [0, 0.1) is 0 Å². The van der Waals surface area contributed by atoms with Crippen molar-refractivity contribution in [2.45, 2.75) is 0 Å². The fourth-order valence-electron chi connectivity index (χ4n) is 7.75. The molecule has 0 unspecified atom stereocenters. The van der Waals surface area contributed by atoms with E-state index in [4.69, 9.17) is 0 Å². The number of rotatable bonds is 7. The van der Waals surface area contributed by atoms with Crippen molar-refractivity contribution < 1.29 is 0 Å². The number of thiophene rings is 1. The largest absolute Gasteiger partial charge is 0.310 e. The van der Waals surface area contributed by atoms with Gasteiger partial charge in [0.05, 0.1) is 5.69 Å². The normalized spacial score (nSPS) is 11.3. The van der Waals surface area contributed by atoms with Crippen molar-refractivity contribution in [2.75, 3.05) is 4.90 Å². The predicted molar refractivity (Wildman–Crippen MR) is 233 cm³/mol. The quantitative estimate of drug-likeness (QED) is 0.160. The van der Waals surface area contributed by atoms with Crippen LogP contribution in [0.25, 0.3) is 75.5 Å². The third-order valence-electron chi connectivity index (χ3n) is 10.4. The van der Waals surface area contributed by atoms with Gasteiger partial charge in [0.1, 0.15) is 0 Å². The molecule has 0 radical (unpaired) electrons. The fraction of sp³-hybridized carbons (Fsp3) is 0. The molecule has 0 fully saturated rings. The van der Waals surface area contributed by atoms with E-state index in [-0.39, 0.29) is 0 Å². The van der Waals surface area contributed by atoms with Gasteiger partial charge in [-0.05, 0) is 116 Å². The zero-order valence-corrected chi connectivity index (χ0v) is 30.4. The van der Waals surface area contributed by atoms with Crippen LogP contribution in [-0.4, -0.2) is 0 Å². The van der Waals surface area contributed by atoms with E-state index >= 15 is 0 Å². The Labute approximate surface area is 319 Å². The van der Waals surface area contributed by atoms with Crippen LogP contribution in [-0.2, 0) is 0 Å². The summed E-state index contributed by atoms with van der Waals surface area (Å²) in [7, 11) is 0. The van der Waals surface area contributed by atoms with E-state index in [1.807, 2.05) is 11.3 Å². The second kappa shape index (κ2) is 13.7. The Hall–Kier alpha value is -6.74. The maximum absolute atomic E-state index is 2.42. The highest BCUT2D eigenvalue weighted by atomic mass is 32.1. The van der Waals surface area contributed by atoms with E-state index in [1.165, 1.54) is 81.1 Å². The Morgan fingerprint density at radius 1 is 0.296 bits per heavy atom. The Balaban J connectivity index is 1.04. The lowest BCUT2D eigenvalue weighted by atomic mass is 9.95. The van der Waals surface area contributed by atoms with Gasteiger partial charge in [0, 0.05) is 31.5 Å². The Morgan fingerprint density at radius 3 is 1.57 bits per heavy atom. The topological polar surface area (TPSA) is 3.24 Å². The van der Waals surface area contributed by atoms with Gasteiger partial charge < -0.3 is 4.90 Å². The standard InChI is InChI=1S/C52H35NS/c1-2-12-36(13-3-1)44-20-10-21-47(35-44)53(49-23-11-25-51-52(49)48-22-6-7-24-50(48)54-51)46-30-28-38(29-31-46)40-16-8-17-41(32-40)42-18-9-19-43(34-42)45-27-26-37-14-4-5-15-39(37)33-45/h1-35H. The van der Waals surface area contributed by atoms with E-state index in [0.29, 0.717) is 0 Å². The van der Waals surface area contributed by atoms with E-state index in [9.17, 15) is 0 Å². The van der Waals surface area contributed by atoms with Gasteiger partial charge in [0.2, 0.25) is 0 Å². The molecule has 0 saturated heterocycles. The molecule has 0 aliphatic heterocycles. The molecule has 10 rings (SSSR count). The number of fused-ring (bicyclic) bond motifs is 4. The Bertz CT molecular complexity index is 2940. The average Bonchev–Trinajstić information content (AvgIpc) is 3.64. The van der Waals surface area contributed by atoms with Crippen LogP contribution in [0.4, 0.5) is 17.1 Å². The second-order valence-corrected chi connectivity index (χ2v) is 14.9. The molecule has 54 heavy (non-hydrogen) atoms. The first kappa shape index (κ1) is 32.0. The fourth-order valence-corrected chi connectivity index (χ4v) is 8.88. The van der Waals surface area contributed by atoms with E-state index in [2.05, 4.69) is 217 Å². The molecule has 10 aromatic rings. The molecule has 1 heterocycles.